The fraction of sp³-hybridized carbons (Fsp3) is 0.269. The summed E-state index contributed by atoms with van der Waals surface area (Å²) in [6.45, 7) is 2.76. The summed E-state index contributed by atoms with van der Waals surface area (Å²) in [5.41, 5.74) is 1.37. The molecule has 8 heteroatoms. The topological polar surface area (TPSA) is 32.8 Å². The van der Waals surface area contributed by atoms with Crippen LogP contribution in [0.3, 0.4) is 0 Å². The molecule has 4 nitrogen and oxygen atoms in total. The lowest BCUT2D eigenvalue weighted by Crippen LogP contribution is -2.49. The van der Waals surface area contributed by atoms with Crippen molar-refractivity contribution in [3.05, 3.63) is 105 Å². The van der Waals surface area contributed by atoms with Gasteiger partial charge in [0.1, 0.15) is 11.6 Å². The van der Waals surface area contributed by atoms with Gasteiger partial charge in [0.15, 0.2) is 0 Å². The van der Waals surface area contributed by atoms with Crippen LogP contribution in [0.5, 0.6) is 0 Å². The second-order valence-corrected chi connectivity index (χ2v) is 9.02. The molecule has 3 aromatic rings. The Morgan fingerprint density at radius 3 is 2.00 bits per heavy atom. The predicted molar refractivity (Wildman–Crippen MR) is 129 cm³/mol. The van der Waals surface area contributed by atoms with Crippen LogP contribution in [-0.4, -0.2) is 48.4 Å². The zero-order valence-electron chi connectivity index (χ0n) is 18.4. The fourth-order valence-electron chi connectivity index (χ4n) is 3.93. The van der Waals surface area contributed by atoms with Gasteiger partial charge in [0.2, 0.25) is 0 Å². The number of carbonyl (C=O) groups is 1. The fourth-order valence-corrected chi connectivity index (χ4v) is 4.18. The summed E-state index contributed by atoms with van der Waals surface area (Å²) in [4.78, 5) is 16.8. The van der Waals surface area contributed by atoms with Crippen molar-refractivity contribution >= 4 is 29.1 Å². The molecule has 3 aromatic carbocycles. The number of nitrogens with zero attached hydrogens (tertiary/aromatic N) is 2. The molecule has 1 saturated heterocycles. The van der Waals surface area contributed by atoms with Crippen molar-refractivity contribution in [3.8, 4) is 0 Å². The van der Waals surface area contributed by atoms with E-state index in [0.717, 1.165) is 5.56 Å². The summed E-state index contributed by atoms with van der Waals surface area (Å²) >= 11 is 12.0. The summed E-state index contributed by atoms with van der Waals surface area (Å²) in [7, 11) is 0. The molecule has 0 unspecified atom stereocenters. The first-order chi connectivity index (χ1) is 16.4. The summed E-state index contributed by atoms with van der Waals surface area (Å²) in [6.07, 6.45) is -0.421. The van der Waals surface area contributed by atoms with Gasteiger partial charge in [-0.25, -0.2) is 8.78 Å². The number of hydrogen-bond acceptors (Lipinski definition) is 3. The second kappa shape index (κ2) is 11.3. The van der Waals surface area contributed by atoms with Gasteiger partial charge >= 0.3 is 0 Å². The molecule has 0 aromatic heterocycles. The van der Waals surface area contributed by atoms with E-state index in [-0.39, 0.29) is 18.1 Å². The zero-order chi connectivity index (χ0) is 24.1. The van der Waals surface area contributed by atoms with Gasteiger partial charge < -0.3 is 9.64 Å². The number of hydrogen-bond donors (Lipinski definition) is 0. The minimum absolute atomic E-state index is 0.0307. The molecule has 1 aliphatic heterocycles. The molecule has 0 saturated carbocycles. The van der Waals surface area contributed by atoms with Gasteiger partial charge in [-0.05, 0) is 54.1 Å². The lowest BCUT2D eigenvalue weighted by atomic mass is 10.1. The zero-order valence-corrected chi connectivity index (χ0v) is 19.9. The molecule has 178 valence electrons. The molecule has 0 spiro atoms. The average molecular weight is 505 g/mol. The summed E-state index contributed by atoms with van der Waals surface area (Å²) < 4.78 is 34.2. The van der Waals surface area contributed by atoms with Crippen LogP contribution >= 0.6 is 23.2 Å². The lowest BCUT2D eigenvalue weighted by Gasteiger charge is -2.36. The number of amides is 1. The highest BCUT2D eigenvalue weighted by Crippen LogP contribution is 2.25. The van der Waals surface area contributed by atoms with E-state index in [1.165, 1.54) is 18.2 Å². The minimum atomic E-state index is -0.635. The molecule has 1 heterocycles. The van der Waals surface area contributed by atoms with Crippen LogP contribution in [0.2, 0.25) is 10.0 Å². The van der Waals surface area contributed by atoms with Crippen molar-refractivity contribution < 1.29 is 18.3 Å². The van der Waals surface area contributed by atoms with Crippen LogP contribution in [-0.2, 0) is 11.3 Å². The number of halogens is 4. The molecule has 0 radical (unpaired) electrons. The Morgan fingerprint density at radius 1 is 0.853 bits per heavy atom. The van der Waals surface area contributed by atoms with E-state index in [1.54, 1.807) is 36.4 Å². The lowest BCUT2D eigenvalue weighted by molar-refractivity contribution is 0.00145. The van der Waals surface area contributed by atoms with Gasteiger partial charge in [-0.15, -0.1) is 0 Å². The molecule has 34 heavy (non-hydrogen) atoms. The number of benzene rings is 3. The molecule has 4 rings (SSSR count). The molecule has 0 N–H and O–H groups in total. The third kappa shape index (κ3) is 6.13. The number of piperazine rings is 1. The quantitative estimate of drug-likeness (QED) is 0.396. The van der Waals surface area contributed by atoms with Crippen LogP contribution in [0.4, 0.5) is 8.78 Å². The van der Waals surface area contributed by atoms with Crippen molar-refractivity contribution in [3.63, 3.8) is 0 Å². The van der Waals surface area contributed by atoms with Crippen molar-refractivity contribution in [2.45, 2.75) is 12.7 Å². The first kappa shape index (κ1) is 24.6. The molecular weight excluding hydrogens is 481 g/mol. The minimum Gasteiger partial charge on any atom is -0.367 e. The standard InChI is InChI=1S/C26H24Cl2F2N2O2/c27-20-8-4-18(5-9-20)25(34-17-22-23(29)2-1-3-24(22)30)16-31-12-14-32(15-13-31)26(33)19-6-10-21(28)11-7-19/h1-11,25H,12-17H2/t25-/m1/s1. The smallest absolute Gasteiger partial charge is 0.253 e. The van der Waals surface area contributed by atoms with Crippen molar-refractivity contribution in [1.82, 2.24) is 9.80 Å². The van der Waals surface area contributed by atoms with Crippen LogP contribution in [0, 0.1) is 11.6 Å². The van der Waals surface area contributed by atoms with Gasteiger partial charge in [-0.2, -0.15) is 0 Å². The highest BCUT2D eigenvalue weighted by Gasteiger charge is 2.25. The maximum atomic E-state index is 14.1. The van der Waals surface area contributed by atoms with Gasteiger partial charge in [0, 0.05) is 53.9 Å². The van der Waals surface area contributed by atoms with Crippen molar-refractivity contribution in [2.24, 2.45) is 0 Å². The average Bonchev–Trinajstić information content (AvgIpc) is 2.84. The van der Waals surface area contributed by atoms with E-state index in [0.29, 0.717) is 48.3 Å². The normalized spacial score (nSPS) is 15.4. The molecule has 1 aliphatic rings. The van der Waals surface area contributed by atoms with Gasteiger partial charge in [-0.1, -0.05) is 41.4 Å². The maximum Gasteiger partial charge on any atom is 0.253 e. The van der Waals surface area contributed by atoms with Crippen LogP contribution in [0.15, 0.2) is 66.7 Å². The third-order valence-electron chi connectivity index (χ3n) is 5.91. The maximum absolute atomic E-state index is 14.1. The molecule has 1 fully saturated rings. The SMILES string of the molecule is O=C(c1ccc(Cl)cc1)N1CCN(C[C@@H](OCc2c(F)cccc2F)c2ccc(Cl)cc2)CC1. The summed E-state index contributed by atoms with van der Waals surface area (Å²) in [6, 6.07) is 17.9. The van der Waals surface area contributed by atoms with Crippen LogP contribution in [0.1, 0.15) is 27.6 Å². The largest absolute Gasteiger partial charge is 0.367 e. The molecule has 1 atom stereocenters. The molecular formula is C26H24Cl2F2N2O2. The van der Waals surface area contributed by atoms with Gasteiger partial charge in [0.25, 0.3) is 5.91 Å². The summed E-state index contributed by atoms with van der Waals surface area (Å²) in [5, 5.41) is 1.18. The van der Waals surface area contributed by atoms with E-state index < -0.39 is 17.7 Å². The summed E-state index contributed by atoms with van der Waals surface area (Å²) in [5.74, 6) is -1.30. The van der Waals surface area contributed by atoms with Crippen molar-refractivity contribution in [2.75, 3.05) is 32.7 Å². The Kier molecular flexibility index (Phi) is 8.16. The highest BCUT2D eigenvalue weighted by molar-refractivity contribution is 6.30. The molecule has 0 aliphatic carbocycles. The first-order valence-corrected chi connectivity index (χ1v) is 11.7. The highest BCUT2D eigenvalue weighted by atomic mass is 35.5. The Morgan fingerprint density at radius 2 is 1.41 bits per heavy atom. The third-order valence-corrected chi connectivity index (χ3v) is 6.41. The van der Waals surface area contributed by atoms with Crippen LogP contribution in [0.25, 0.3) is 0 Å². The first-order valence-electron chi connectivity index (χ1n) is 11.0. The van der Waals surface area contributed by atoms with E-state index in [9.17, 15) is 13.6 Å². The number of ether oxygens (including phenoxy) is 1. The predicted octanol–water partition coefficient (Wildman–Crippen LogP) is 5.99. The van der Waals surface area contributed by atoms with Gasteiger partial charge in [0.05, 0.1) is 12.7 Å². The number of carbonyl (C=O) groups excluding carboxylic acids is 1. The van der Waals surface area contributed by atoms with Gasteiger partial charge in [-0.3, -0.25) is 9.69 Å². The van der Waals surface area contributed by atoms with E-state index >= 15 is 0 Å². The monoisotopic (exact) mass is 504 g/mol. The van der Waals surface area contributed by atoms with E-state index in [2.05, 4.69) is 4.90 Å². The number of rotatable bonds is 7. The molecule has 0 bridgehead atoms. The van der Waals surface area contributed by atoms with Crippen LogP contribution < -0.4 is 0 Å². The second-order valence-electron chi connectivity index (χ2n) is 8.15. The van der Waals surface area contributed by atoms with E-state index in [1.807, 2.05) is 17.0 Å². The molecule has 1 amide bonds. The Bertz CT molecular complexity index is 1100. The van der Waals surface area contributed by atoms with E-state index in [4.69, 9.17) is 27.9 Å². The Hall–Kier alpha value is -2.51. The Labute approximate surface area is 207 Å². The Balaban J connectivity index is 1.41. The van der Waals surface area contributed by atoms with Crippen molar-refractivity contribution in [1.29, 1.82) is 0 Å².